The Bertz CT molecular complexity index is 287. The summed E-state index contributed by atoms with van der Waals surface area (Å²) in [6, 6.07) is 0. The number of hydrogen-bond donors (Lipinski definition) is 0. The normalized spacial score (nSPS) is 23.7. The minimum atomic E-state index is -0.421. The number of carbonyl (C=O) groups is 1. The quantitative estimate of drug-likeness (QED) is 0.577. The third-order valence-electron chi connectivity index (χ3n) is 5.65. The second-order valence-corrected chi connectivity index (χ2v) is 7.18. The van der Waals surface area contributed by atoms with Crippen LogP contribution < -0.4 is 0 Å². The molecule has 0 aromatic carbocycles. The molecule has 128 valence electrons. The number of rotatable bonds is 6. The van der Waals surface area contributed by atoms with Crippen LogP contribution in [-0.4, -0.2) is 18.4 Å². The molecule has 3 nitrogen and oxygen atoms in total. The molecule has 0 N–H and O–H groups in total. The fourth-order valence-electron chi connectivity index (χ4n) is 4.31. The van der Waals surface area contributed by atoms with Crippen molar-refractivity contribution in [3.63, 3.8) is 0 Å². The van der Waals surface area contributed by atoms with Gasteiger partial charge in [0.1, 0.15) is 12.2 Å². The van der Waals surface area contributed by atoms with E-state index in [9.17, 15) is 4.79 Å². The Kier molecular flexibility index (Phi) is 7.54. The highest BCUT2D eigenvalue weighted by Crippen LogP contribution is 2.31. The average Bonchev–Trinajstić information content (AvgIpc) is 2.59. The van der Waals surface area contributed by atoms with Crippen molar-refractivity contribution < 1.29 is 14.3 Å². The molecule has 22 heavy (non-hydrogen) atoms. The zero-order valence-corrected chi connectivity index (χ0v) is 14.5. The summed E-state index contributed by atoms with van der Waals surface area (Å²) in [6.07, 6.45) is 14.1. The molecule has 2 aliphatic carbocycles. The molecule has 0 aliphatic heterocycles. The summed E-state index contributed by atoms with van der Waals surface area (Å²) in [6.45, 7) is 4.23. The molecule has 2 rings (SSSR count). The Morgan fingerprint density at radius 2 is 1.14 bits per heavy atom. The van der Waals surface area contributed by atoms with Crippen LogP contribution in [0.4, 0.5) is 4.79 Å². The van der Waals surface area contributed by atoms with Gasteiger partial charge in [-0.1, -0.05) is 52.4 Å². The van der Waals surface area contributed by atoms with Gasteiger partial charge in [0.2, 0.25) is 0 Å². The molecule has 2 saturated carbocycles. The maximum atomic E-state index is 12.2. The fourth-order valence-corrected chi connectivity index (χ4v) is 4.31. The predicted octanol–water partition coefficient (Wildman–Crippen LogP) is 5.86. The number of ether oxygens (including phenoxy) is 2. The van der Waals surface area contributed by atoms with Crippen LogP contribution >= 0.6 is 0 Å². The van der Waals surface area contributed by atoms with Crippen molar-refractivity contribution in [1.82, 2.24) is 0 Å². The van der Waals surface area contributed by atoms with E-state index in [4.69, 9.17) is 9.47 Å². The third kappa shape index (κ3) is 5.17. The Balaban J connectivity index is 1.81. The van der Waals surface area contributed by atoms with Crippen LogP contribution in [0.2, 0.25) is 0 Å². The first kappa shape index (κ1) is 17.6. The summed E-state index contributed by atoms with van der Waals surface area (Å²) in [5.41, 5.74) is 0. The van der Waals surface area contributed by atoms with E-state index in [0.717, 1.165) is 12.8 Å². The second-order valence-electron chi connectivity index (χ2n) is 7.18. The van der Waals surface area contributed by atoms with E-state index >= 15 is 0 Å². The molecule has 0 spiro atoms. The van der Waals surface area contributed by atoms with E-state index in [1.807, 2.05) is 0 Å². The highest BCUT2D eigenvalue weighted by Gasteiger charge is 2.29. The maximum Gasteiger partial charge on any atom is 0.508 e. The second kappa shape index (κ2) is 9.42. The van der Waals surface area contributed by atoms with Gasteiger partial charge in [0.25, 0.3) is 0 Å². The van der Waals surface area contributed by atoms with Gasteiger partial charge in [0, 0.05) is 0 Å². The first-order valence-electron chi connectivity index (χ1n) is 9.61. The summed E-state index contributed by atoms with van der Waals surface area (Å²) in [5, 5.41) is 0. The van der Waals surface area contributed by atoms with E-state index in [1.54, 1.807) is 0 Å². The van der Waals surface area contributed by atoms with Crippen LogP contribution in [0.25, 0.3) is 0 Å². The fraction of sp³-hybridized carbons (Fsp3) is 0.947. The molecule has 2 unspecified atom stereocenters. The van der Waals surface area contributed by atoms with Gasteiger partial charge in [-0.3, -0.25) is 0 Å². The SMILES string of the molecule is CCC(OC(=O)OC(CC)C1CCCCC1)C1CCCCC1. The summed E-state index contributed by atoms with van der Waals surface area (Å²) in [5.74, 6) is 1.09. The molecular weight excluding hydrogens is 276 g/mol. The lowest BCUT2D eigenvalue weighted by atomic mass is 9.84. The maximum absolute atomic E-state index is 12.2. The van der Waals surface area contributed by atoms with Crippen molar-refractivity contribution in [3.8, 4) is 0 Å². The lowest BCUT2D eigenvalue weighted by Gasteiger charge is -2.31. The van der Waals surface area contributed by atoms with E-state index in [2.05, 4.69) is 13.8 Å². The lowest BCUT2D eigenvalue weighted by Crippen LogP contribution is -2.33. The molecule has 3 heteroatoms. The minimum absolute atomic E-state index is 0.0525. The monoisotopic (exact) mass is 310 g/mol. The van der Waals surface area contributed by atoms with E-state index in [-0.39, 0.29) is 12.2 Å². The van der Waals surface area contributed by atoms with Crippen LogP contribution in [0.5, 0.6) is 0 Å². The number of carbonyl (C=O) groups excluding carboxylic acids is 1. The van der Waals surface area contributed by atoms with Crippen LogP contribution in [0, 0.1) is 11.8 Å². The van der Waals surface area contributed by atoms with Gasteiger partial charge in [-0.2, -0.15) is 0 Å². The van der Waals surface area contributed by atoms with Crippen LogP contribution in [-0.2, 0) is 9.47 Å². The molecule has 2 atom stereocenters. The molecule has 2 fully saturated rings. The molecule has 0 amide bonds. The van der Waals surface area contributed by atoms with Crippen molar-refractivity contribution in [1.29, 1.82) is 0 Å². The molecular formula is C19H34O3. The number of hydrogen-bond acceptors (Lipinski definition) is 3. The Morgan fingerprint density at radius 3 is 1.45 bits per heavy atom. The predicted molar refractivity (Wildman–Crippen MR) is 88.9 cm³/mol. The van der Waals surface area contributed by atoms with Gasteiger partial charge in [-0.25, -0.2) is 4.79 Å². The largest absolute Gasteiger partial charge is 0.508 e. The first-order valence-corrected chi connectivity index (χ1v) is 9.61. The van der Waals surface area contributed by atoms with E-state index in [0.29, 0.717) is 11.8 Å². The molecule has 0 saturated heterocycles. The van der Waals surface area contributed by atoms with Crippen molar-refractivity contribution in [2.24, 2.45) is 11.8 Å². The Hall–Kier alpha value is -0.730. The van der Waals surface area contributed by atoms with Crippen molar-refractivity contribution in [3.05, 3.63) is 0 Å². The topological polar surface area (TPSA) is 35.5 Å². The lowest BCUT2D eigenvalue weighted by molar-refractivity contribution is -0.0417. The molecule has 0 heterocycles. The van der Waals surface area contributed by atoms with Crippen LogP contribution in [0.1, 0.15) is 90.9 Å². The van der Waals surface area contributed by atoms with Crippen LogP contribution in [0.15, 0.2) is 0 Å². The standard InChI is InChI=1S/C19H34O3/c1-3-17(15-11-7-5-8-12-15)21-19(20)22-18(4-2)16-13-9-6-10-14-16/h15-18H,3-14H2,1-2H3. The highest BCUT2D eigenvalue weighted by molar-refractivity contribution is 5.60. The van der Waals surface area contributed by atoms with Gasteiger partial charge in [-0.15, -0.1) is 0 Å². The summed E-state index contributed by atoms with van der Waals surface area (Å²) in [4.78, 5) is 12.2. The highest BCUT2D eigenvalue weighted by atomic mass is 16.7. The van der Waals surface area contributed by atoms with Gasteiger partial charge in [0.05, 0.1) is 0 Å². The van der Waals surface area contributed by atoms with Crippen molar-refractivity contribution in [2.75, 3.05) is 0 Å². The van der Waals surface area contributed by atoms with Gasteiger partial charge >= 0.3 is 6.16 Å². The molecule has 2 aliphatic rings. The van der Waals surface area contributed by atoms with Crippen molar-refractivity contribution in [2.45, 2.75) is 103 Å². The van der Waals surface area contributed by atoms with E-state index < -0.39 is 6.16 Å². The van der Waals surface area contributed by atoms with Gasteiger partial charge in [0.15, 0.2) is 0 Å². The first-order chi connectivity index (χ1) is 10.7. The average molecular weight is 310 g/mol. The summed E-state index contributed by atoms with van der Waals surface area (Å²) < 4.78 is 11.4. The zero-order valence-electron chi connectivity index (χ0n) is 14.5. The molecule has 0 bridgehead atoms. The van der Waals surface area contributed by atoms with E-state index in [1.165, 1.54) is 64.2 Å². The summed E-state index contributed by atoms with van der Waals surface area (Å²) >= 11 is 0. The molecule has 0 radical (unpaired) electrons. The van der Waals surface area contributed by atoms with Crippen LogP contribution in [0.3, 0.4) is 0 Å². The van der Waals surface area contributed by atoms with Crippen molar-refractivity contribution >= 4 is 6.16 Å². The van der Waals surface area contributed by atoms with Gasteiger partial charge < -0.3 is 9.47 Å². The smallest absolute Gasteiger partial charge is 0.431 e. The molecule has 0 aromatic heterocycles. The Morgan fingerprint density at radius 1 is 0.773 bits per heavy atom. The Labute approximate surface area is 136 Å². The summed E-state index contributed by atoms with van der Waals surface area (Å²) in [7, 11) is 0. The minimum Gasteiger partial charge on any atom is -0.431 e. The zero-order chi connectivity index (χ0) is 15.8. The third-order valence-corrected chi connectivity index (χ3v) is 5.65. The molecule has 0 aromatic rings. The van der Waals surface area contributed by atoms with Gasteiger partial charge in [-0.05, 0) is 50.4 Å².